The summed E-state index contributed by atoms with van der Waals surface area (Å²) in [5.41, 5.74) is 1.03. The van der Waals surface area contributed by atoms with Gasteiger partial charge in [-0.3, -0.25) is 0 Å². The molecule has 0 aromatic heterocycles. The van der Waals surface area contributed by atoms with Gasteiger partial charge in [-0.25, -0.2) is 0 Å². The lowest BCUT2D eigenvalue weighted by Crippen LogP contribution is -2.04. The molecule has 0 heterocycles. The minimum Gasteiger partial charge on any atom is -0.487 e. The minimum atomic E-state index is -0.0500. The maximum atomic E-state index is 8.65. The van der Waals surface area contributed by atoms with E-state index in [-0.39, 0.29) is 19.8 Å². The van der Waals surface area contributed by atoms with Crippen molar-refractivity contribution in [2.75, 3.05) is 19.8 Å². The number of ether oxygens (including phenoxy) is 2. The molecule has 80 valence electrons. The van der Waals surface area contributed by atoms with Crippen LogP contribution in [-0.2, 0) is 0 Å². The first-order valence-electron chi connectivity index (χ1n) is 4.62. The second kappa shape index (κ2) is 5.89. The predicted molar refractivity (Wildman–Crippen MR) is 54.9 cm³/mol. The van der Waals surface area contributed by atoms with Crippen LogP contribution < -0.4 is 9.47 Å². The van der Waals surface area contributed by atoms with Crippen LogP contribution in [0.5, 0.6) is 11.5 Å². The zero-order valence-corrected chi connectivity index (χ0v) is 8.56. The van der Waals surface area contributed by atoms with E-state index >= 15 is 0 Å². The molecule has 0 radical (unpaired) electrons. The van der Waals surface area contributed by atoms with Crippen LogP contribution in [0.3, 0.4) is 0 Å². The maximum absolute atomic E-state index is 8.65. The summed E-state index contributed by atoms with van der Waals surface area (Å²) in [5, 5.41) is 17.0. The summed E-state index contributed by atoms with van der Waals surface area (Å²) in [6.07, 6.45) is 0. The van der Waals surface area contributed by atoms with Crippen LogP contribution in [0, 0.1) is 18.3 Å². The summed E-state index contributed by atoms with van der Waals surface area (Å²) in [6, 6.07) is 7.32. The molecule has 1 aromatic rings. The Morgan fingerprint density at radius 1 is 1.33 bits per heavy atom. The van der Waals surface area contributed by atoms with Crippen molar-refractivity contribution < 1.29 is 14.6 Å². The smallest absolute Gasteiger partial charge is 0.174 e. The molecule has 0 aliphatic carbocycles. The highest BCUT2D eigenvalue weighted by Gasteiger charge is 2.04. The van der Waals surface area contributed by atoms with Crippen molar-refractivity contribution in [1.82, 2.24) is 0 Å². The first-order valence-corrected chi connectivity index (χ1v) is 4.62. The van der Waals surface area contributed by atoms with Gasteiger partial charge in [-0.1, -0.05) is 6.07 Å². The number of hydrogen-bond acceptors (Lipinski definition) is 4. The molecule has 0 fully saturated rings. The maximum Gasteiger partial charge on any atom is 0.174 e. The lowest BCUT2D eigenvalue weighted by atomic mass is 10.2. The van der Waals surface area contributed by atoms with Crippen LogP contribution in [0.1, 0.15) is 5.56 Å². The summed E-state index contributed by atoms with van der Waals surface area (Å²) in [7, 11) is 0. The van der Waals surface area contributed by atoms with Gasteiger partial charge in [-0.2, -0.15) is 5.26 Å². The lowest BCUT2D eigenvalue weighted by molar-refractivity contribution is 0.195. The molecule has 0 bridgehead atoms. The van der Waals surface area contributed by atoms with Crippen molar-refractivity contribution in [3.8, 4) is 17.6 Å². The monoisotopic (exact) mass is 207 g/mol. The Hall–Kier alpha value is -1.73. The van der Waals surface area contributed by atoms with Crippen LogP contribution in [0.25, 0.3) is 0 Å². The van der Waals surface area contributed by atoms with Gasteiger partial charge < -0.3 is 14.6 Å². The number of aryl methyl sites for hydroxylation is 1. The van der Waals surface area contributed by atoms with E-state index < -0.39 is 0 Å². The fourth-order valence-electron chi connectivity index (χ4n) is 1.11. The van der Waals surface area contributed by atoms with Crippen molar-refractivity contribution in [3.05, 3.63) is 23.8 Å². The first-order chi connectivity index (χ1) is 7.27. The third kappa shape index (κ3) is 3.49. The Labute approximate surface area is 88.7 Å². The SMILES string of the molecule is Cc1ccc(OCC#N)c(OCCO)c1. The number of hydrogen-bond donors (Lipinski definition) is 1. The largest absolute Gasteiger partial charge is 0.487 e. The number of aliphatic hydroxyl groups excluding tert-OH is 1. The molecule has 1 aromatic carbocycles. The van der Waals surface area contributed by atoms with Gasteiger partial charge in [-0.15, -0.1) is 0 Å². The van der Waals surface area contributed by atoms with Gasteiger partial charge in [-0.05, 0) is 24.6 Å². The molecular formula is C11H13NO3. The Bertz CT molecular complexity index is 357. The van der Waals surface area contributed by atoms with Gasteiger partial charge in [0.25, 0.3) is 0 Å². The fourth-order valence-corrected chi connectivity index (χ4v) is 1.11. The zero-order chi connectivity index (χ0) is 11.1. The van der Waals surface area contributed by atoms with E-state index in [0.717, 1.165) is 5.56 Å². The Balaban J connectivity index is 2.78. The van der Waals surface area contributed by atoms with Crippen molar-refractivity contribution in [3.63, 3.8) is 0 Å². The van der Waals surface area contributed by atoms with E-state index in [4.69, 9.17) is 19.8 Å². The third-order valence-electron chi connectivity index (χ3n) is 1.74. The van der Waals surface area contributed by atoms with E-state index in [9.17, 15) is 0 Å². The highest BCUT2D eigenvalue weighted by atomic mass is 16.5. The molecule has 1 rings (SSSR count). The van der Waals surface area contributed by atoms with Gasteiger partial charge in [0, 0.05) is 0 Å². The number of benzene rings is 1. The standard InChI is InChI=1S/C11H13NO3/c1-9-2-3-10(14-6-4-12)11(8-9)15-7-5-13/h2-3,8,13H,5-7H2,1H3. The van der Waals surface area contributed by atoms with Crippen LogP contribution in [0.2, 0.25) is 0 Å². The average Bonchev–Trinajstić information content (AvgIpc) is 2.25. The molecule has 0 aliphatic heterocycles. The summed E-state index contributed by atoms with van der Waals surface area (Å²) < 4.78 is 10.5. The van der Waals surface area contributed by atoms with E-state index in [1.54, 1.807) is 6.07 Å². The first kappa shape index (κ1) is 11.3. The Kier molecular flexibility index (Phi) is 4.45. The van der Waals surface area contributed by atoms with Crippen LogP contribution in [0.4, 0.5) is 0 Å². The molecule has 0 aliphatic rings. The Morgan fingerprint density at radius 3 is 2.80 bits per heavy atom. The fraction of sp³-hybridized carbons (Fsp3) is 0.364. The molecule has 0 unspecified atom stereocenters. The van der Waals surface area contributed by atoms with Gasteiger partial charge >= 0.3 is 0 Å². The van der Waals surface area contributed by atoms with E-state index in [0.29, 0.717) is 11.5 Å². The number of aliphatic hydroxyl groups is 1. The quantitative estimate of drug-likeness (QED) is 0.789. The number of nitriles is 1. The molecule has 4 nitrogen and oxygen atoms in total. The molecule has 0 atom stereocenters. The number of nitrogens with zero attached hydrogens (tertiary/aromatic N) is 1. The molecule has 0 saturated carbocycles. The minimum absolute atomic E-state index is 0.0153. The van der Waals surface area contributed by atoms with Crippen LogP contribution >= 0.6 is 0 Å². The summed E-state index contributed by atoms with van der Waals surface area (Å²) in [5.74, 6) is 1.08. The lowest BCUT2D eigenvalue weighted by Gasteiger charge is -2.10. The third-order valence-corrected chi connectivity index (χ3v) is 1.74. The van der Waals surface area contributed by atoms with Crippen molar-refractivity contribution in [2.24, 2.45) is 0 Å². The molecule has 4 heteroatoms. The van der Waals surface area contributed by atoms with Crippen molar-refractivity contribution in [2.45, 2.75) is 6.92 Å². The van der Waals surface area contributed by atoms with Gasteiger partial charge in [0.1, 0.15) is 12.7 Å². The summed E-state index contributed by atoms with van der Waals surface area (Å²) >= 11 is 0. The van der Waals surface area contributed by atoms with Crippen LogP contribution in [-0.4, -0.2) is 24.9 Å². The second-order valence-corrected chi connectivity index (χ2v) is 2.97. The second-order valence-electron chi connectivity index (χ2n) is 2.97. The van der Waals surface area contributed by atoms with Crippen molar-refractivity contribution >= 4 is 0 Å². The van der Waals surface area contributed by atoms with E-state index in [1.807, 2.05) is 25.1 Å². The van der Waals surface area contributed by atoms with E-state index in [2.05, 4.69) is 0 Å². The normalized spacial score (nSPS) is 9.40. The molecule has 0 amide bonds. The van der Waals surface area contributed by atoms with Gasteiger partial charge in [0.2, 0.25) is 0 Å². The van der Waals surface area contributed by atoms with Crippen LogP contribution in [0.15, 0.2) is 18.2 Å². The molecular weight excluding hydrogens is 194 g/mol. The predicted octanol–water partition coefficient (Wildman–Crippen LogP) is 1.27. The Morgan fingerprint density at radius 2 is 2.13 bits per heavy atom. The highest BCUT2D eigenvalue weighted by Crippen LogP contribution is 2.27. The van der Waals surface area contributed by atoms with Gasteiger partial charge in [0.05, 0.1) is 6.61 Å². The molecule has 15 heavy (non-hydrogen) atoms. The average molecular weight is 207 g/mol. The molecule has 0 saturated heterocycles. The summed E-state index contributed by atoms with van der Waals surface area (Å²) in [4.78, 5) is 0. The summed E-state index contributed by atoms with van der Waals surface area (Å²) in [6.45, 7) is 2.08. The van der Waals surface area contributed by atoms with Gasteiger partial charge in [0.15, 0.2) is 18.1 Å². The van der Waals surface area contributed by atoms with E-state index in [1.165, 1.54) is 0 Å². The topological polar surface area (TPSA) is 62.5 Å². The van der Waals surface area contributed by atoms with Crippen molar-refractivity contribution in [1.29, 1.82) is 5.26 Å². The zero-order valence-electron chi connectivity index (χ0n) is 8.56. The molecule has 1 N–H and O–H groups in total. The molecule has 0 spiro atoms. The highest BCUT2D eigenvalue weighted by molar-refractivity contribution is 5.42. The number of rotatable bonds is 5.